The van der Waals surface area contributed by atoms with Gasteiger partial charge in [0.25, 0.3) is 11.5 Å². The Hall–Kier alpha value is -2.90. The fourth-order valence-corrected chi connectivity index (χ4v) is 3.13. The first-order valence-corrected chi connectivity index (χ1v) is 9.33. The third kappa shape index (κ3) is 4.84. The molecule has 3 rings (SSSR count). The van der Waals surface area contributed by atoms with E-state index in [2.05, 4.69) is 25.5 Å². The van der Waals surface area contributed by atoms with Gasteiger partial charge in [-0.15, -0.1) is 0 Å². The van der Waals surface area contributed by atoms with E-state index in [1.54, 1.807) is 19.3 Å². The van der Waals surface area contributed by atoms with Crippen molar-refractivity contribution in [2.75, 3.05) is 36.4 Å². The Morgan fingerprint density at radius 2 is 1.96 bits per heavy atom. The molecule has 0 atom stereocenters. The Morgan fingerprint density at radius 1 is 1.19 bits per heavy atom. The molecule has 0 aliphatic carbocycles. The Labute approximate surface area is 158 Å². The molecule has 8 nitrogen and oxygen atoms in total. The fraction of sp³-hybridized carbons (Fsp3) is 0.474. The van der Waals surface area contributed by atoms with Crippen molar-refractivity contribution < 1.29 is 4.79 Å². The fourth-order valence-electron chi connectivity index (χ4n) is 3.13. The zero-order valence-corrected chi connectivity index (χ0v) is 15.9. The van der Waals surface area contributed by atoms with Crippen LogP contribution in [0.15, 0.2) is 29.2 Å². The first-order chi connectivity index (χ1) is 13.0. The zero-order valence-electron chi connectivity index (χ0n) is 15.9. The SMILES string of the molecule is Cc1cc(N2CCCCC2)nc(NCCNC(=O)c2cccn(C)c2=O)n1. The van der Waals surface area contributed by atoms with Crippen molar-refractivity contribution in [3.05, 3.63) is 46.0 Å². The van der Waals surface area contributed by atoms with Crippen LogP contribution in [0.4, 0.5) is 11.8 Å². The van der Waals surface area contributed by atoms with E-state index in [0.29, 0.717) is 19.0 Å². The minimum Gasteiger partial charge on any atom is -0.356 e. The third-order valence-electron chi connectivity index (χ3n) is 4.58. The Morgan fingerprint density at radius 3 is 2.74 bits per heavy atom. The Kier molecular flexibility index (Phi) is 6.05. The summed E-state index contributed by atoms with van der Waals surface area (Å²) in [5.41, 5.74) is 0.736. The van der Waals surface area contributed by atoms with Crippen molar-refractivity contribution in [3.8, 4) is 0 Å². The predicted octanol–water partition coefficient (Wildman–Crippen LogP) is 1.32. The van der Waals surface area contributed by atoms with Crippen LogP contribution in [0, 0.1) is 6.92 Å². The molecular weight excluding hydrogens is 344 g/mol. The Bertz CT molecular complexity index is 858. The van der Waals surface area contributed by atoms with Crippen LogP contribution in [0.3, 0.4) is 0 Å². The molecule has 144 valence electrons. The quantitative estimate of drug-likeness (QED) is 0.745. The largest absolute Gasteiger partial charge is 0.356 e. The van der Waals surface area contributed by atoms with Crippen LogP contribution in [0.25, 0.3) is 0 Å². The van der Waals surface area contributed by atoms with Crippen molar-refractivity contribution in [2.24, 2.45) is 7.05 Å². The standard InChI is InChI=1S/C19H26N6O2/c1-14-13-16(25-11-4-3-5-12-25)23-19(22-14)21-9-8-20-17(26)15-7-6-10-24(2)18(15)27/h6-7,10,13H,3-5,8-9,11-12H2,1-2H3,(H,20,26)(H,21,22,23). The molecule has 3 heterocycles. The number of carbonyl (C=O) groups excluding carboxylic acids is 1. The van der Waals surface area contributed by atoms with Gasteiger partial charge in [-0.2, -0.15) is 4.98 Å². The minimum atomic E-state index is -0.378. The molecule has 2 N–H and O–H groups in total. The molecule has 2 aromatic rings. The van der Waals surface area contributed by atoms with E-state index in [-0.39, 0.29) is 17.0 Å². The van der Waals surface area contributed by atoms with Crippen LogP contribution in [-0.4, -0.2) is 46.6 Å². The minimum absolute atomic E-state index is 0.138. The average Bonchev–Trinajstić information content (AvgIpc) is 2.67. The summed E-state index contributed by atoms with van der Waals surface area (Å²) < 4.78 is 1.38. The van der Waals surface area contributed by atoms with Crippen molar-refractivity contribution >= 4 is 17.7 Å². The highest BCUT2D eigenvalue weighted by atomic mass is 16.2. The van der Waals surface area contributed by atoms with Gasteiger partial charge in [0.1, 0.15) is 11.4 Å². The lowest BCUT2D eigenvalue weighted by Gasteiger charge is -2.28. The third-order valence-corrected chi connectivity index (χ3v) is 4.58. The first-order valence-electron chi connectivity index (χ1n) is 9.33. The highest BCUT2D eigenvalue weighted by Gasteiger charge is 2.14. The molecule has 0 spiro atoms. The van der Waals surface area contributed by atoms with Gasteiger partial charge in [0.15, 0.2) is 0 Å². The van der Waals surface area contributed by atoms with Crippen LogP contribution in [0.5, 0.6) is 0 Å². The second-order valence-corrected chi connectivity index (χ2v) is 6.76. The van der Waals surface area contributed by atoms with Gasteiger partial charge < -0.3 is 20.1 Å². The van der Waals surface area contributed by atoms with Crippen LogP contribution in [0.2, 0.25) is 0 Å². The van der Waals surface area contributed by atoms with Gasteiger partial charge in [0.2, 0.25) is 5.95 Å². The van der Waals surface area contributed by atoms with E-state index < -0.39 is 0 Å². The number of anilines is 2. The molecule has 1 saturated heterocycles. The maximum atomic E-state index is 12.2. The first kappa shape index (κ1) is 18.9. The van der Waals surface area contributed by atoms with Gasteiger partial charge in [-0.05, 0) is 38.3 Å². The number of rotatable bonds is 6. The molecular formula is C19H26N6O2. The molecule has 1 aliphatic heterocycles. The van der Waals surface area contributed by atoms with Crippen molar-refractivity contribution in [1.82, 2.24) is 19.9 Å². The highest BCUT2D eigenvalue weighted by molar-refractivity contribution is 5.93. The highest BCUT2D eigenvalue weighted by Crippen LogP contribution is 2.19. The second-order valence-electron chi connectivity index (χ2n) is 6.76. The number of amides is 1. The van der Waals surface area contributed by atoms with Gasteiger partial charge in [0.05, 0.1) is 0 Å². The zero-order chi connectivity index (χ0) is 19.2. The molecule has 0 saturated carbocycles. The number of aromatic nitrogens is 3. The van der Waals surface area contributed by atoms with Crippen LogP contribution < -0.4 is 21.1 Å². The molecule has 0 aromatic carbocycles. The molecule has 1 aliphatic rings. The smallest absolute Gasteiger partial charge is 0.263 e. The van der Waals surface area contributed by atoms with E-state index in [0.717, 1.165) is 24.6 Å². The lowest BCUT2D eigenvalue weighted by Crippen LogP contribution is -2.34. The lowest BCUT2D eigenvalue weighted by atomic mass is 10.1. The van der Waals surface area contributed by atoms with Crippen molar-refractivity contribution in [2.45, 2.75) is 26.2 Å². The maximum Gasteiger partial charge on any atom is 0.263 e. The summed E-state index contributed by atoms with van der Waals surface area (Å²) >= 11 is 0. The van der Waals surface area contributed by atoms with E-state index in [9.17, 15) is 9.59 Å². The molecule has 0 radical (unpaired) electrons. The van der Waals surface area contributed by atoms with E-state index in [1.165, 1.54) is 29.9 Å². The summed E-state index contributed by atoms with van der Waals surface area (Å²) in [5.74, 6) is 1.12. The van der Waals surface area contributed by atoms with Crippen molar-refractivity contribution in [1.29, 1.82) is 0 Å². The second kappa shape index (κ2) is 8.66. The number of hydrogen-bond donors (Lipinski definition) is 2. The molecule has 2 aromatic heterocycles. The lowest BCUT2D eigenvalue weighted by molar-refractivity contribution is 0.0953. The maximum absolute atomic E-state index is 12.2. The number of nitrogens with zero attached hydrogens (tertiary/aromatic N) is 4. The van der Waals surface area contributed by atoms with Gasteiger partial charge in [-0.1, -0.05) is 0 Å². The number of carbonyl (C=O) groups is 1. The predicted molar refractivity (Wildman–Crippen MR) is 105 cm³/mol. The molecule has 8 heteroatoms. The molecule has 27 heavy (non-hydrogen) atoms. The van der Waals surface area contributed by atoms with Gasteiger partial charge in [0, 0.05) is 51.2 Å². The van der Waals surface area contributed by atoms with Crippen LogP contribution >= 0.6 is 0 Å². The van der Waals surface area contributed by atoms with E-state index >= 15 is 0 Å². The monoisotopic (exact) mass is 370 g/mol. The van der Waals surface area contributed by atoms with Gasteiger partial charge in [-0.3, -0.25) is 9.59 Å². The number of hydrogen-bond acceptors (Lipinski definition) is 6. The average molecular weight is 370 g/mol. The Balaban J connectivity index is 1.54. The van der Waals surface area contributed by atoms with E-state index in [4.69, 9.17) is 0 Å². The summed E-state index contributed by atoms with van der Waals surface area (Å²) in [4.78, 5) is 35.4. The van der Waals surface area contributed by atoms with Gasteiger partial charge in [-0.25, -0.2) is 4.98 Å². The summed E-state index contributed by atoms with van der Waals surface area (Å²) in [6, 6.07) is 5.21. The summed E-state index contributed by atoms with van der Waals surface area (Å²) in [6.07, 6.45) is 5.28. The topological polar surface area (TPSA) is 92.2 Å². The number of aryl methyl sites for hydroxylation is 2. The number of nitrogens with one attached hydrogen (secondary N) is 2. The number of pyridine rings is 1. The summed E-state index contributed by atoms with van der Waals surface area (Å²) in [7, 11) is 1.62. The molecule has 1 amide bonds. The normalized spacial score (nSPS) is 14.1. The summed E-state index contributed by atoms with van der Waals surface area (Å²) in [6.45, 7) is 4.85. The van der Waals surface area contributed by atoms with Crippen LogP contribution in [-0.2, 0) is 7.05 Å². The van der Waals surface area contributed by atoms with Gasteiger partial charge >= 0.3 is 0 Å². The number of piperidine rings is 1. The van der Waals surface area contributed by atoms with Crippen molar-refractivity contribution in [3.63, 3.8) is 0 Å². The van der Waals surface area contributed by atoms with E-state index in [1.807, 2.05) is 13.0 Å². The molecule has 0 bridgehead atoms. The summed E-state index contributed by atoms with van der Waals surface area (Å²) in [5, 5.41) is 5.90. The van der Waals surface area contributed by atoms with Crippen LogP contribution in [0.1, 0.15) is 35.3 Å². The molecule has 1 fully saturated rings. The molecule has 0 unspecified atom stereocenters.